The van der Waals surface area contributed by atoms with Gasteiger partial charge >= 0.3 is 0 Å². The lowest BCUT2D eigenvalue weighted by molar-refractivity contribution is 0.392. The van der Waals surface area contributed by atoms with Gasteiger partial charge in [-0.05, 0) is 33.1 Å². The van der Waals surface area contributed by atoms with E-state index in [9.17, 15) is 0 Å². The molecule has 25 heavy (non-hydrogen) atoms. The Bertz CT molecular complexity index is 303. The third-order valence-corrected chi connectivity index (χ3v) is 3.52. The Kier molecular flexibility index (Phi) is 26.4. The molecule has 0 aliphatic carbocycles. The molecule has 0 fully saturated rings. The summed E-state index contributed by atoms with van der Waals surface area (Å²) in [5.74, 6) is 1.97. The summed E-state index contributed by atoms with van der Waals surface area (Å²) >= 11 is 0. The van der Waals surface area contributed by atoms with Crippen LogP contribution in [-0.4, -0.2) is 54.8 Å². The fraction of sp³-hybridized carbons (Fsp3) is 0.905. The number of unbranched alkanes of at least 4 members (excludes halogenated alkanes) is 2. The topological polar surface area (TPSA) is 31.2 Å². The van der Waals surface area contributed by atoms with Gasteiger partial charge in [0.15, 0.2) is 0 Å². The van der Waals surface area contributed by atoms with Crippen molar-refractivity contribution in [2.45, 2.75) is 94.4 Å². The summed E-state index contributed by atoms with van der Waals surface area (Å²) in [6.07, 6.45) is 5.96. The number of nitrogens with zero attached hydrogens (tertiary/aromatic N) is 4. The summed E-state index contributed by atoms with van der Waals surface area (Å²) in [4.78, 5) is 14.0. The smallest absolute Gasteiger partial charge is 0.222 e. The van der Waals surface area contributed by atoms with Crippen LogP contribution in [0.1, 0.15) is 94.4 Å². The van der Waals surface area contributed by atoms with Gasteiger partial charge in [0.1, 0.15) is 5.84 Å². The van der Waals surface area contributed by atoms with E-state index in [-0.39, 0.29) is 0 Å². The molecule has 0 spiro atoms. The van der Waals surface area contributed by atoms with Crippen molar-refractivity contribution >= 4 is 11.8 Å². The molecule has 0 aromatic heterocycles. The van der Waals surface area contributed by atoms with Gasteiger partial charge in [-0.1, -0.05) is 61.3 Å². The number of guanidine groups is 1. The summed E-state index contributed by atoms with van der Waals surface area (Å²) in [5.41, 5.74) is 0. The van der Waals surface area contributed by atoms with Gasteiger partial charge in [-0.3, -0.25) is 4.99 Å². The van der Waals surface area contributed by atoms with Crippen LogP contribution in [0, 0.1) is 0 Å². The fourth-order valence-corrected chi connectivity index (χ4v) is 2.08. The highest BCUT2D eigenvalue weighted by atomic mass is 15.3. The average Bonchev–Trinajstić information content (AvgIpc) is 2.65. The Morgan fingerprint density at radius 2 is 1.24 bits per heavy atom. The average molecular weight is 357 g/mol. The fourth-order valence-electron chi connectivity index (χ4n) is 2.08. The van der Waals surface area contributed by atoms with Crippen molar-refractivity contribution in [2.75, 3.05) is 33.2 Å². The molecule has 0 rings (SSSR count). The van der Waals surface area contributed by atoms with Gasteiger partial charge in [0.25, 0.3) is 0 Å². The molecule has 0 aromatic carbocycles. The lowest BCUT2D eigenvalue weighted by atomic mass is 10.3. The van der Waals surface area contributed by atoms with Crippen LogP contribution in [-0.2, 0) is 0 Å². The van der Waals surface area contributed by atoms with E-state index in [1.165, 1.54) is 25.7 Å². The van der Waals surface area contributed by atoms with Crippen molar-refractivity contribution in [2.24, 2.45) is 9.98 Å². The first-order chi connectivity index (χ1) is 12.1. The molecule has 0 N–H and O–H groups in total. The zero-order valence-corrected chi connectivity index (χ0v) is 19.2. The maximum Gasteiger partial charge on any atom is 0.222 e. The van der Waals surface area contributed by atoms with Crippen molar-refractivity contribution in [3.8, 4) is 0 Å². The number of hydrogen-bond acceptors (Lipinski definition) is 1. The van der Waals surface area contributed by atoms with E-state index in [1.54, 1.807) is 0 Å². The lowest BCUT2D eigenvalue weighted by Gasteiger charge is -2.25. The third-order valence-electron chi connectivity index (χ3n) is 3.52. The molecular formula is C21H48N4. The van der Waals surface area contributed by atoms with Crippen molar-refractivity contribution in [3.63, 3.8) is 0 Å². The summed E-state index contributed by atoms with van der Waals surface area (Å²) < 4.78 is 0. The predicted molar refractivity (Wildman–Crippen MR) is 118 cm³/mol. The van der Waals surface area contributed by atoms with E-state index in [0.717, 1.165) is 44.4 Å². The first-order valence-electron chi connectivity index (χ1n) is 10.7. The SMILES string of the molecule is CC.CC.CCCCN(CCCC)C(=NCC)/N=C(\C)N(C)CCC. The van der Waals surface area contributed by atoms with Crippen molar-refractivity contribution in [3.05, 3.63) is 0 Å². The van der Waals surface area contributed by atoms with Crippen LogP contribution in [0.2, 0.25) is 0 Å². The number of hydrogen-bond donors (Lipinski definition) is 0. The molecule has 0 aliphatic heterocycles. The maximum absolute atomic E-state index is 4.81. The van der Waals surface area contributed by atoms with Gasteiger partial charge in [-0.15, -0.1) is 0 Å². The Balaban J connectivity index is -0.00000112. The minimum absolute atomic E-state index is 0.790. The van der Waals surface area contributed by atoms with Crippen LogP contribution in [0.15, 0.2) is 9.98 Å². The van der Waals surface area contributed by atoms with E-state index >= 15 is 0 Å². The molecule has 4 heteroatoms. The Morgan fingerprint density at radius 3 is 1.60 bits per heavy atom. The van der Waals surface area contributed by atoms with E-state index in [0.29, 0.717) is 0 Å². The van der Waals surface area contributed by atoms with E-state index in [4.69, 9.17) is 4.99 Å². The van der Waals surface area contributed by atoms with Gasteiger partial charge in [-0.2, -0.15) is 0 Å². The van der Waals surface area contributed by atoms with Crippen LogP contribution >= 0.6 is 0 Å². The quantitative estimate of drug-likeness (QED) is 0.370. The van der Waals surface area contributed by atoms with Crippen molar-refractivity contribution in [1.29, 1.82) is 0 Å². The van der Waals surface area contributed by atoms with Gasteiger partial charge in [0.2, 0.25) is 5.96 Å². The van der Waals surface area contributed by atoms with Crippen molar-refractivity contribution in [1.82, 2.24) is 9.80 Å². The number of amidine groups is 1. The molecule has 0 unspecified atom stereocenters. The molecule has 0 saturated carbocycles. The maximum atomic E-state index is 4.81. The largest absolute Gasteiger partial charge is 0.363 e. The van der Waals surface area contributed by atoms with Gasteiger partial charge in [-0.25, -0.2) is 4.99 Å². The minimum Gasteiger partial charge on any atom is -0.363 e. The minimum atomic E-state index is 0.790. The molecule has 0 saturated heterocycles. The van der Waals surface area contributed by atoms with Gasteiger partial charge < -0.3 is 9.80 Å². The Morgan fingerprint density at radius 1 is 0.760 bits per heavy atom. The van der Waals surface area contributed by atoms with Crippen LogP contribution in [0.25, 0.3) is 0 Å². The molecule has 4 nitrogen and oxygen atoms in total. The summed E-state index contributed by atoms with van der Waals surface area (Å²) in [5, 5.41) is 0. The van der Waals surface area contributed by atoms with Crippen LogP contribution in [0.3, 0.4) is 0 Å². The Labute approximate surface area is 159 Å². The second-order valence-electron chi connectivity index (χ2n) is 5.55. The molecule has 0 aliphatic rings. The number of rotatable bonds is 9. The van der Waals surface area contributed by atoms with Crippen molar-refractivity contribution < 1.29 is 0 Å². The molecule has 0 heterocycles. The van der Waals surface area contributed by atoms with Crippen LogP contribution in [0.5, 0.6) is 0 Å². The standard InChI is InChI=1S/C17H36N4.2C2H6/c1-7-11-14-21(15-12-8-2)17(18-10-4)19-16(5)20(6)13-9-3;2*1-2/h7-15H2,1-6H3;2*1-2H3/b18-17?,19-16+;;. The van der Waals surface area contributed by atoms with Crippen LogP contribution in [0.4, 0.5) is 0 Å². The van der Waals surface area contributed by atoms with Gasteiger partial charge in [0, 0.05) is 33.2 Å². The second kappa shape index (κ2) is 22.9. The van der Waals surface area contributed by atoms with E-state index < -0.39 is 0 Å². The predicted octanol–water partition coefficient (Wildman–Crippen LogP) is 6.08. The third kappa shape index (κ3) is 16.2. The van der Waals surface area contributed by atoms with Crippen LogP contribution < -0.4 is 0 Å². The summed E-state index contributed by atoms with van der Waals surface area (Å²) in [6, 6.07) is 0. The molecule has 152 valence electrons. The van der Waals surface area contributed by atoms with Gasteiger partial charge in [0.05, 0.1) is 0 Å². The Hall–Kier alpha value is -1.06. The van der Waals surface area contributed by atoms with E-state index in [2.05, 4.69) is 56.5 Å². The zero-order chi connectivity index (χ0) is 20.1. The molecular weight excluding hydrogens is 308 g/mol. The molecule has 0 radical (unpaired) electrons. The monoisotopic (exact) mass is 356 g/mol. The molecule has 0 atom stereocenters. The highest BCUT2D eigenvalue weighted by Crippen LogP contribution is 2.04. The zero-order valence-electron chi connectivity index (χ0n) is 19.2. The first kappa shape index (κ1) is 28.7. The normalized spacial score (nSPS) is 11.1. The first-order valence-corrected chi connectivity index (χ1v) is 10.7. The van der Waals surface area contributed by atoms with E-state index in [1.807, 2.05) is 27.7 Å². The molecule has 0 aromatic rings. The second-order valence-corrected chi connectivity index (χ2v) is 5.55. The summed E-state index contributed by atoms with van der Waals surface area (Å²) in [7, 11) is 2.11. The highest BCUT2D eigenvalue weighted by molar-refractivity contribution is 5.94. The summed E-state index contributed by atoms with van der Waals surface area (Å²) in [6.45, 7) is 22.8. The highest BCUT2D eigenvalue weighted by Gasteiger charge is 2.11. The lowest BCUT2D eigenvalue weighted by Crippen LogP contribution is -2.34. The molecule has 0 bridgehead atoms. The number of aliphatic imine (C=N–C) groups is 2. The molecule has 0 amide bonds.